The van der Waals surface area contributed by atoms with Gasteiger partial charge >= 0.3 is 12.0 Å². The van der Waals surface area contributed by atoms with Crippen LogP contribution in [0.25, 0.3) is 0 Å². The molecule has 8 heteroatoms. The number of halogens is 2. The number of rotatable bonds is 4. The molecule has 0 atom stereocenters. The highest BCUT2D eigenvalue weighted by Gasteiger charge is 2.17. The number of hydrogen-bond acceptors (Lipinski definition) is 4. The Labute approximate surface area is 130 Å². The van der Waals surface area contributed by atoms with Crippen LogP contribution in [0.3, 0.4) is 0 Å². The van der Waals surface area contributed by atoms with Crippen molar-refractivity contribution in [3.63, 3.8) is 0 Å². The Morgan fingerprint density at radius 1 is 1.22 bits per heavy atom. The van der Waals surface area contributed by atoms with Crippen molar-refractivity contribution in [2.45, 2.75) is 6.54 Å². The summed E-state index contributed by atoms with van der Waals surface area (Å²) in [5.74, 6) is -3.06. The molecule has 1 aromatic carbocycles. The number of carbonyl (C=O) groups is 2. The van der Waals surface area contributed by atoms with Crippen LogP contribution in [-0.4, -0.2) is 24.1 Å². The number of nitrogens with one attached hydrogen (secondary N) is 2. The molecule has 2 aromatic rings. The molecule has 120 valence electrons. The van der Waals surface area contributed by atoms with Gasteiger partial charge < -0.3 is 15.4 Å². The van der Waals surface area contributed by atoms with Gasteiger partial charge in [0, 0.05) is 12.3 Å². The maximum atomic E-state index is 13.7. The summed E-state index contributed by atoms with van der Waals surface area (Å²) in [4.78, 5) is 27.1. The summed E-state index contributed by atoms with van der Waals surface area (Å²) in [6, 6.07) is 5.83. The molecule has 0 fully saturated rings. The summed E-state index contributed by atoms with van der Waals surface area (Å²) in [6.07, 6.45) is 1.57. The molecule has 0 aliphatic carbocycles. The van der Waals surface area contributed by atoms with E-state index in [1.165, 1.54) is 0 Å². The van der Waals surface area contributed by atoms with E-state index < -0.39 is 29.2 Å². The lowest BCUT2D eigenvalue weighted by Gasteiger charge is -2.10. The number of urea groups is 1. The van der Waals surface area contributed by atoms with Gasteiger partial charge in [0.25, 0.3) is 0 Å². The maximum absolute atomic E-state index is 13.7. The first-order valence-electron chi connectivity index (χ1n) is 6.53. The van der Waals surface area contributed by atoms with Crippen LogP contribution in [0.4, 0.5) is 19.3 Å². The van der Waals surface area contributed by atoms with E-state index in [2.05, 4.69) is 20.4 Å². The normalized spacial score (nSPS) is 10.0. The Morgan fingerprint density at radius 2 is 2.00 bits per heavy atom. The highest BCUT2D eigenvalue weighted by molar-refractivity contribution is 5.94. The number of esters is 1. The third-order valence-electron chi connectivity index (χ3n) is 2.87. The Morgan fingerprint density at radius 3 is 2.65 bits per heavy atom. The van der Waals surface area contributed by atoms with Gasteiger partial charge in [0.1, 0.15) is 11.6 Å². The van der Waals surface area contributed by atoms with Crippen molar-refractivity contribution in [1.29, 1.82) is 0 Å². The second-order valence-electron chi connectivity index (χ2n) is 4.43. The van der Waals surface area contributed by atoms with Crippen molar-refractivity contribution < 1.29 is 23.1 Å². The second-order valence-corrected chi connectivity index (χ2v) is 4.43. The summed E-state index contributed by atoms with van der Waals surface area (Å²) >= 11 is 0. The third kappa shape index (κ3) is 4.22. The van der Waals surface area contributed by atoms with Crippen molar-refractivity contribution in [3.8, 4) is 0 Å². The molecule has 0 saturated carbocycles. The molecule has 2 N–H and O–H groups in total. The minimum absolute atomic E-state index is 0.124. The number of nitrogens with zero attached hydrogens (tertiary/aromatic N) is 1. The first kappa shape index (κ1) is 16.3. The van der Waals surface area contributed by atoms with Gasteiger partial charge in [0.2, 0.25) is 0 Å². The number of aromatic nitrogens is 1. The molecule has 2 rings (SSSR count). The van der Waals surface area contributed by atoms with Crippen LogP contribution in [-0.2, 0) is 11.3 Å². The summed E-state index contributed by atoms with van der Waals surface area (Å²) in [7, 11) is 1.07. The number of hydrogen-bond donors (Lipinski definition) is 2. The zero-order valence-electron chi connectivity index (χ0n) is 12.1. The summed E-state index contributed by atoms with van der Waals surface area (Å²) in [5.41, 5.74) is -0.211. The van der Waals surface area contributed by atoms with Crippen LogP contribution in [0.2, 0.25) is 0 Å². The molecule has 2 amide bonds. The fraction of sp³-hybridized carbons (Fsp3) is 0.133. The first-order chi connectivity index (χ1) is 11.0. The zero-order chi connectivity index (χ0) is 16.8. The van der Waals surface area contributed by atoms with Crippen molar-refractivity contribution >= 4 is 17.7 Å². The number of ether oxygens (including phenoxy) is 1. The van der Waals surface area contributed by atoms with Gasteiger partial charge in [-0.1, -0.05) is 6.07 Å². The predicted octanol–water partition coefficient (Wildman–Crippen LogP) is 2.47. The number of anilines is 1. The Kier molecular flexibility index (Phi) is 5.19. The Bertz CT molecular complexity index is 723. The Hall–Kier alpha value is -3.03. The number of pyridine rings is 1. The van der Waals surface area contributed by atoms with E-state index in [1.54, 1.807) is 24.4 Å². The van der Waals surface area contributed by atoms with Crippen molar-refractivity contribution in [1.82, 2.24) is 10.3 Å². The van der Waals surface area contributed by atoms with Gasteiger partial charge in [0.05, 0.1) is 30.6 Å². The predicted molar refractivity (Wildman–Crippen MR) is 77.8 cm³/mol. The minimum Gasteiger partial charge on any atom is -0.465 e. The van der Waals surface area contributed by atoms with Gasteiger partial charge in [-0.25, -0.2) is 18.4 Å². The lowest BCUT2D eigenvalue weighted by molar-refractivity contribution is 0.0595. The van der Waals surface area contributed by atoms with E-state index in [0.29, 0.717) is 11.8 Å². The SMILES string of the molecule is COC(=O)c1cc(NC(=O)NCc2ccccn2)c(F)cc1F. The van der Waals surface area contributed by atoms with Crippen molar-refractivity contribution in [2.75, 3.05) is 12.4 Å². The molecular weight excluding hydrogens is 308 g/mol. The molecule has 6 nitrogen and oxygen atoms in total. The minimum atomic E-state index is -1.08. The van der Waals surface area contributed by atoms with Gasteiger partial charge in [-0.15, -0.1) is 0 Å². The molecule has 0 radical (unpaired) electrons. The molecule has 0 saturated heterocycles. The average Bonchev–Trinajstić information content (AvgIpc) is 2.55. The highest BCUT2D eigenvalue weighted by atomic mass is 19.1. The van der Waals surface area contributed by atoms with E-state index in [4.69, 9.17) is 0 Å². The van der Waals surface area contributed by atoms with E-state index in [9.17, 15) is 18.4 Å². The topological polar surface area (TPSA) is 80.3 Å². The molecule has 0 spiro atoms. The lowest BCUT2D eigenvalue weighted by atomic mass is 10.2. The number of methoxy groups -OCH3 is 1. The van der Waals surface area contributed by atoms with Gasteiger partial charge in [-0.2, -0.15) is 0 Å². The smallest absolute Gasteiger partial charge is 0.340 e. The second kappa shape index (κ2) is 7.30. The molecule has 0 unspecified atom stereocenters. The number of benzene rings is 1. The fourth-order valence-electron chi connectivity index (χ4n) is 1.75. The molecule has 23 heavy (non-hydrogen) atoms. The Balaban J connectivity index is 2.07. The third-order valence-corrected chi connectivity index (χ3v) is 2.87. The standard InChI is InChI=1S/C15H13F2N3O3/c1-23-14(21)10-6-13(12(17)7-11(10)16)20-15(22)19-8-9-4-2-3-5-18-9/h2-7H,8H2,1H3,(H2,19,20,22). The van der Waals surface area contributed by atoms with Crippen molar-refractivity contribution in [2.24, 2.45) is 0 Å². The molecule has 0 bridgehead atoms. The quantitative estimate of drug-likeness (QED) is 0.848. The molecule has 1 heterocycles. The zero-order valence-corrected chi connectivity index (χ0v) is 12.1. The molecule has 1 aromatic heterocycles. The number of amides is 2. The van der Waals surface area contributed by atoms with E-state index in [-0.39, 0.29) is 12.2 Å². The van der Waals surface area contributed by atoms with Crippen LogP contribution < -0.4 is 10.6 Å². The largest absolute Gasteiger partial charge is 0.465 e. The summed E-state index contributed by atoms with van der Waals surface area (Å²) < 4.78 is 31.6. The fourth-order valence-corrected chi connectivity index (χ4v) is 1.75. The van der Waals surface area contributed by atoms with Crippen LogP contribution in [0.15, 0.2) is 36.5 Å². The van der Waals surface area contributed by atoms with Crippen LogP contribution >= 0.6 is 0 Å². The summed E-state index contributed by atoms with van der Waals surface area (Å²) in [6.45, 7) is 0.124. The van der Waals surface area contributed by atoms with Gasteiger partial charge in [-0.3, -0.25) is 4.98 Å². The van der Waals surface area contributed by atoms with Crippen LogP contribution in [0.5, 0.6) is 0 Å². The van der Waals surface area contributed by atoms with Crippen LogP contribution in [0.1, 0.15) is 16.1 Å². The van der Waals surface area contributed by atoms with Crippen LogP contribution in [0, 0.1) is 11.6 Å². The monoisotopic (exact) mass is 321 g/mol. The molecule has 0 aliphatic rings. The summed E-state index contributed by atoms with van der Waals surface area (Å²) in [5, 5.41) is 4.66. The van der Waals surface area contributed by atoms with E-state index in [0.717, 1.165) is 13.2 Å². The van der Waals surface area contributed by atoms with Gasteiger partial charge in [-0.05, 0) is 18.2 Å². The maximum Gasteiger partial charge on any atom is 0.340 e. The average molecular weight is 321 g/mol. The first-order valence-corrected chi connectivity index (χ1v) is 6.53. The van der Waals surface area contributed by atoms with E-state index in [1.807, 2.05) is 0 Å². The van der Waals surface area contributed by atoms with Crippen molar-refractivity contribution in [3.05, 3.63) is 59.4 Å². The van der Waals surface area contributed by atoms with E-state index >= 15 is 0 Å². The lowest BCUT2D eigenvalue weighted by Crippen LogP contribution is -2.29. The highest BCUT2D eigenvalue weighted by Crippen LogP contribution is 2.20. The molecular formula is C15H13F2N3O3. The van der Waals surface area contributed by atoms with Gasteiger partial charge in [0.15, 0.2) is 0 Å². The molecule has 0 aliphatic heterocycles. The number of carbonyl (C=O) groups excluding carboxylic acids is 2.